The number of aromatic nitrogens is 3. The van der Waals surface area contributed by atoms with Gasteiger partial charge in [0.15, 0.2) is 5.82 Å². The molecule has 0 saturated carbocycles. The van der Waals surface area contributed by atoms with Gasteiger partial charge in [0.25, 0.3) is 0 Å². The summed E-state index contributed by atoms with van der Waals surface area (Å²) in [5, 5.41) is 0.471. The minimum atomic E-state index is 0.471. The average Bonchev–Trinajstić information content (AvgIpc) is 2.44. The molecule has 0 aliphatic carbocycles. The largest absolute Gasteiger partial charge is 0.481 e. The predicted molar refractivity (Wildman–Crippen MR) is 83.5 cm³/mol. The number of ether oxygens (including phenoxy) is 1. The van der Waals surface area contributed by atoms with Gasteiger partial charge in [0.1, 0.15) is 10.8 Å². The highest BCUT2D eigenvalue weighted by Gasteiger charge is 2.12. The average molecular weight is 390 g/mol. The molecule has 0 amide bonds. The monoisotopic (exact) mass is 389 g/mol. The van der Waals surface area contributed by atoms with Crippen molar-refractivity contribution in [3.63, 3.8) is 0 Å². The first-order chi connectivity index (χ1) is 9.15. The van der Waals surface area contributed by atoms with Crippen molar-refractivity contribution in [3.8, 4) is 17.4 Å². The summed E-state index contributed by atoms with van der Waals surface area (Å²) >= 11 is 8.34. The van der Waals surface area contributed by atoms with Gasteiger partial charge in [-0.1, -0.05) is 31.0 Å². The maximum atomic E-state index is 6.16. The Morgan fingerprint density at radius 2 is 2.05 bits per heavy atom. The molecule has 0 N–H and O–H groups in total. The zero-order valence-corrected chi connectivity index (χ0v) is 13.6. The summed E-state index contributed by atoms with van der Waals surface area (Å²) in [6.07, 6.45) is 1.88. The van der Waals surface area contributed by atoms with Crippen LogP contribution in [0, 0.1) is 3.57 Å². The van der Waals surface area contributed by atoms with Gasteiger partial charge in [-0.15, -0.1) is 0 Å². The van der Waals surface area contributed by atoms with Gasteiger partial charge in [0.2, 0.25) is 5.88 Å². The van der Waals surface area contributed by atoms with E-state index in [9.17, 15) is 0 Å². The van der Waals surface area contributed by atoms with E-state index in [1.807, 2.05) is 12.1 Å². The molecule has 100 valence electrons. The summed E-state index contributed by atoms with van der Waals surface area (Å²) in [5.41, 5.74) is 1.62. The molecule has 0 spiro atoms. The van der Waals surface area contributed by atoms with Crippen molar-refractivity contribution in [3.05, 3.63) is 32.6 Å². The van der Waals surface area contributed by atoms with Gasteiger partial charge >= 0.3 is 0 Å². The van der Waals surface area contributed by atoms with Crippen LogP contribution in [-0.2, 0) is 6.42 Å². The van der Waals surface area contributed by atoms with Crippen molar-refractivity contribution >= 4 is 34.2 Å². The molecule has 0 bridgehead atoms. The van der Waals surface area contributed by atoms with Crippen LogP contribution in [-0.4, -0.2) is 22.1 Å². The Kier molecular flexibility index (Phi) is 4.93. The quantitative estimate of drug-likeness (QED) is 0.590. The molecule has 19 heavy (non-hydrogen) atoms. The summed E-state index contributed by atoms with van der Waals surface area (Å²) in [7, 11) is 1.58. The molecule has 0 aliphatic heterocycles. The van der Waals surface area contributed by atoms with E-state index in [-0.39, 0.29) is 0 Å². The lowest BCUT2D eigenvalue weighted by molar-refractivity contribution is 0.398. The van der Waals surface area contributed by atoms with Crippen molar-refractivity contribution in [2.75, 3.05) is 7.11 Å². The van der Waals surface area contributed by atoms with E-state index in [0.717, 1.165) is 22.1 Å². The van der Waals surface area contributed by atoms with E-state index < -0.39 is 0 Å². The van der Waals surface area contributed by atoms with E-state index in [4.69, 9.17) is 16.3 Å². The van der Waals surface area contributed by atoms with Crippen LogP contribution < -0.4 is 4.74 Å². The maximum Gasteiger partial charge on any atom is 0.213 e. The summed E-state index contributed by atoms with van der Waals surface area (Å²) in [5.74, 6) is 1.07. The van der Waals surface area contributed by atoms with Crippen LogP contribution in [0.5, 0.6) is 5.88 Å². The molecule has 0 unspecified atom stereocenters. The van der Waals surface area contributed by atoms with Crippen molar-refractivity contribution in [1.29, 1.82) is 0 Å². The maximum absolute atomic E-state index is 6.16. The highest BCUT2D eigenvalue weighted by atomic mass is 127. The topological polar surface area (TPSA) is 47.9 Å². The number of methoxy groups -OCH3 is 1. The SMILES string of the molecule is CCCc1nc(-c2cccc(OC)n2)nc(Cl)c1I. The molecule has 6 heteroatoms. The Hall–Kier alpha value is -0.950. The molecule has 2 aromatic rings. The van der Waals surface area contributed by atoms with Crippen molar-refractivity contribution in [1.82, 2.24) is 15.0 Å². The van der Waals surface area contributed by atoms with Gasteiger partial charge in [-0.3, -0.25) is 0 Å². The third-order valence-electron chi connectivity index (χ3n) is 2.53. The fraction of sp³-hybridized carbons (Fsp3) is 0.308. The lowest BCUT2D eigenvalue weighted by Crippen LogP contribution is -2.02. The zero-order chi connectivity index (χ0) is 13.8. The van der Waals surface area contributed by atoms with Crippen LogP contribution >= 0.6 is 34.2 Å². The number of hydrogen-bond donors (Lipinski definition) is 0. The number of pyridine rings is 1. The fourth-order valence-corrected chi connectivity index (χ4v) is 2.33. The molecule has 4 nitrogen and oxygen atoms in total. The minimum absolute atomic E-state index is 0.471. The minimum Gasteiger partial charge on any atom is -0.481 e. The van der Waals surface area contributed by atoms with E-state index in [1.54, 1.807) is 13.2 Å². The highest BCUT2D eigenvalue weighted by Crippen LogP contribution is 2.24. The molecule has 0 radical (unpaired) electrons. The second-order valence-electron chi connectivity index (χ2n) is 3.91. The summed E-state index contributed by atoms with van der Waals surface area (Å²) < 4.78 is 6.02. The first kappa shape index (κ1) is 14.5. The van der Waals surface area contributed by atoms with Crippen molar-refractivity contribution < 1.29 is 4.74 Å². The molecule has 0 aliphatic rings. The number of aryl methyl sites for hydroxylation is 1. The van der Waals surface area contributed by atoms with Crippen LogP contribution in [0.25, 0.3) is 11.5 Å². The Morgan fingerprint density at radius 1 is 1.26 bits per heavy atom. The number of hydrogen-bond acceptors (Lipinski definition) is 4. The summed E-state index contributed by atoms with van der Waals surface area (Å²) in [6.45, 7) is 2.11. The molecule has 2 aromatic heterocycles. The van der Waals surface area contributed by atoms with Gasteiger partial charge in [-0.2, -0.15) is 0 Å². The van der Waals surface area contributed by atoms with Crippen LogP contribution in [0.15, 0.2) is 18.2 Å². The molecule has 2 rings (SSSR count). The highest BCUT2D eigenvalue weighted by molar-refractivity contribution is 14.1. The van der Waals surface area contributed by atoms with E-state index in [2.05, 4.69) is 44.5 Å². The number of rotatable bonds is 4. The second-order valence-corrected chi connectivity index (χ2v) is 5.35. The fourth-order valence-electron chi connectivity index (χ4n) is 1.63. The molecule has 0 fully saturated rings. The van der Waals surface area contributed by atoms with Gasteiger partial charge in [0.05, 0.1) is 16.4 Å². The van der Waals surface area contributed by atoms with E-state index >= 15 is 0 Å². The van der Waals surface area contributed by atoms with Crippen molar-refractivity contribution in [2.24, 2.45) is 0 Å². The Morgan fingerprint density at radius 3 is 2.74 bits per heavy atom. The van der Waals surface area contributed by atoms with Crippen LogP contribution in [0.4, 0.5) is 0 Å². The third kappa shape index (κ3) is 3.33. The lowest BCUT2D eigenvalue weighted by atomic mass is 10.2. The Bertz CT molecular complexity index is 592. The standard InChI is InChI=1S/C13H13ClIN3O/c1-3-5-8-11(15)12(14)18-13(17-8)9-6-4-7-10(16-9)19-2/h4,6-7H,3,5H2,1-2H3. The van der Waals surface area contributed by atoms with Crippen LogP contribution in [0.1, 0.15) is 19.0 Å². The lowest BCUT2D eigenvalue weighted by Gasteiger charge is -2.07. The van der Waals surface area contributed by atoms with Crippen LogP contribution in [0.2, 0.25) is 5.15 Å². The van der Waals surface area contributed by atoms with Gasteiger partial charge in [-0.05, 0) is 35.1 Å². The Labute approximate surface area is 130 Å². The van der Waals surface area contributed by atoms with E-state index in [0.29, 0.717) is 22.6 Å². The number of nitrogens with zero attached hydrogens (tertiary/aromatic N) is 3. The van der Waals surface area contributed by atoms with Gasteiger partial charge < -0.3 is 4.74 Å². The molecule has 0 atom stereocenters. The molecule has 2 heterocycles. The molecular weight excluding hydrogens is 377 g/mol. The first-order valence-electron chi connectivity index (χ1n) is 5.89. The predicted octanol–water partition coefficient (Wildman–Crippen LogP) is 3.76. The van der Waals surface area contributed by atoms with Gasteiger partial charge in [-0.25, -0.2) is 15.0 Å². The second kappa shape index (κ2) is 6.47. The first-order valence-corrected chi connectivity index (χ1v) is 7.34. The number of halogens is 2. The Balaban J connectivity index is 2.49. The zero-order valence-electron chi connectivity index (χ0n) is 10.7. The summed E-state index contributed by atoms with van der Waals surface area (Å²) in [4.78, 5) is 13.2. The smallest absolute Gasteiger partial charge is 0.213 e. The van der Waals surface area contributed by atoms with Gasteiger partial charge in [0, 0.05) is 6.07 Å². The molecule has 0 saturated heterocycles. The van der Waals surface area contributed by atoms with Crippen molar-refractivity contribution in [2.45, 2.75) is 19.8 Å². The third-order valence-corrected chi connectivity index (χ3v) is 4.25. The normalized spacial score (nSPS) is 10.5. The summed E-state index contributed by atoms with van der Waals surface area (Å²) in [6, 6.07) is 5.48. The van der Waals surface area contributed by atoms with E-state index in [1.165, 1.54) is 0 Å². The molecular formula is C13H13ClIN3O. The molecule has 0 aromatic carbocycles. The van der Waals surface area contributed by atoms with Crippen LogP contribution in [0.3, 0.4) is 0 Å².